The van der Waals surface area contributed by atoms with Crippen molar-refractivity contribution in [3.63, 3.8) is 0 Å². The fraction of sp³-hybridized carbons (Fsp3) is 0.389. The van der Waals surface area contributed by atoms with E-state index in [0.29, 0.717) is 0 Å². The molecule has 0 aliphatic rings. The Balaban J connectivity index is 2.77. The zero-order valence-corrected chi connectivity index (χ0v) is 13.7. The molecule has 0 unspecified atom stereocenters. The Hall–Kier alpha value is -1.54. The molecule has 1 rings (SSSR count). The Morgan fingerprint density at radius 1 is 1.33 bits per heavy atom. The van der Waals surface area contributed by atoms with Crippen LogP contribution in [-0.2, 0) is 10.2 Å². The van der Waals surface area contributed by atoms with Crippen molar-refractivity contribution in [2.24, 2.45) is 0 Å². The van der Waals surface area contributed by atoms with Gasteiger partial charge in [-0.05, 0) is 41.8 Å². The first-order valence-electron chi connectivity index (χ1n) is 7.24. The van der Waals surface area contributed by atoms with Gasteiger partial charge in [-0.15, -0.1) is 0 Å². The molecule has 114 valence electrons. The zero-order chi connectivity index (χ0) is 15.7. The van der Waals surface area contributed by atoms with Crippen LogP contribution >= 0.6 is 11.6 Å². The van der Waals surface area contributed by atoms with E-state index in [0.717, 1.165) is 25.2 Å². The standard InChI is InChI=1S/C18H23ClO2/c1-4-5-13-21-16-10-8-9-15(14-16)18(2,3)12-7-6-11-17(19)20/h6-12,14H,4-5,13H2,1-3H3/b11-6+,12-7+. The Morgan fingerprint density at radius 2 is 2.10 bits per heavy atom. The molecule has 1 aromatic carbocycles. The van der Waals surface area contributed by atoms with Crippen molar-refractivity contribution in [2.45, 2.75) is 39.0 Å². The first-order valence-corrected chi connectivity index (χ1v) is 7.62. The molecule has 0 fully saturated rings. The Labute approximate surface area is 132 Å². The lowest BCUT2D eigenvalue weighted by Crippen LogP contribution is -2.13. The number of benzene rings is 1. The summed E-state index contributed by atoms with van der Waals surface area (Å²) >= 11 is 5.25. The number of hydrogen-bond acceptors (Lipinski definition) is 2. The van der Waals surface area contributed by atoms with Crippen LogP contribution in [0.2, 0.25) is 0 Å². The maximum Gasteiger partial charge on any atom is 0.245 e. The van der Waals surface area contributed by atoms with E-state index in [2.05, 4.69) is 32.9 Å². The highest BCUT2D eigenvalue weighted by Gasteiger charge is 2.17. The van der Waals surface area contributed by atoms with E-state index in [-0.39, 0.29) is 5.41 Å². The van der Waals surface area contributed by atoms with Crippen LogP contribution in [0.3, 0.4) is 0 Å². The number of carbonyl (C=O) groups excluding carboxylic acids is 1. The monoisotopic (exact) mass is 306 g/mol. The molecule has 2 nitrogen and oxygen atoms in total. The van der Waals surface area contributed by atoms with Gasteiger partial charge in [0.1, 0.15) is 5.75 Å². The Kier molecular flexibility index (Phi) is 7.24. The largest absolute Gasteiger partial charge is 0.494 e. The van der Waals surface area contributed by atoms with Gasteiger partial charge in [-0.1, -0.05) is 57.6 Å². The molecule has 1 aromatic rings. The number of halogens is 1. The van der Waals surface area contributed by atoms with Crippen molar-refractivity contribution in [1.82, 2.24) is 0 Å². The Bertz CT molecular complexity index is 516. The fourth-order valence-electron chi connectivity index (χ4n) is 1.84. The average molecular weight is 307 g/mol. The van der Waals surface area contributed by atoms with Crippen molar-refractivity contribution in [3.05, 3.63) is 54.1 Å². The summed E-state index contributed by atoms with van der Waals surface area (Å²) in [6, 6.07) is 8.12. The molecule has 0 saturated heterocycles. The molecule has 0 aliphatic carbocycles. The number of unbranched alkanes of at least 4 members (excludes halogenated alkanes) is 1. The van der Waals surface area contributed by atoms with Crippen LogP contribution < -0.4 is 4.74 Å². The minimum Gasteiger partial charge on any atom is -0.494 e. The smallest absolute Gasteiger partial charge is 0.245 e. The van der Waals surface area contributed by atoms with Gasteiger partial charge in [0.05, 0.1) is 6.61 Å². The summed E-state index contributed by atoms with van der Waals surface area (Å²) in [6.45, 7) is 7.12. The molecule has 3 heteroatoms. The van der Waals surface area contributed by atoms with Crippen molar-refractivity contribution in [2.75, 3.05) is 6.61 Å². The van der Waals surface area contributed by atoms with Crippen molar-refractivity contribution < 1.29 is 9.53 Å². The average Bonchev–Trinajstić information content (AvgIpc) is 2.44. The quantitative estimate of drug-likeness (QED) is 0.292. The molecular weight excluding hydrogens is 284 g/mol. The third kappa shape index (κ3) is 6.63. The summed E-state index contributed by atoms with van der Waals surface area (Å²) in [5, 5.41) is -0.469. The second-order valence-electron chi connectivity index (χ2n) is 5.47. The summed E-state index contributed by atoms with van der Waals surface area (Å²) in [5.41, 5.74) is 1.02. The van der Waals surface area contributed by atoms with E-state index < -0.39 is 5.24 Å². The van der Waals surface area contributed by atoms with Crippen LogP contribution in [0.25, 0.3) is 0 Å². The predicted octanol–water partition coefficient (Wildman–Crippen LogP) is 5.02. The first kappa shape index (κ1) is 17.5. The van der Waals surface area contributed by atoms with E-state index in [4.69, 9.17) is 16.3 Å². The van der Waals surface area contributed by atoms with Gasteiger partial charge < -0.3 is 4.74 Å². The maximum atomic E-state index is 10.6. The van der Waals surface area contributed by atoms with Crippen LogP contribution in [0, 0.1) is 0 Å². The van der Waals surface area contributed by atoms with Gasteiger partial charge >= 0.3 is 0 Å². The highest BCUT2D eigenvalue weighted by molar-refractivity contribution is 6.66. The van der Waals surface area contributed by atoms with Gasteiger partial charge in [-0.25, -0.2) is 0 Å². The van der Waals surface area contributed by atoms with E-state index in [9.17, 15) is 4.79 Å². The van der Waals surface area contributed by atoms with Gasteiger partial charge in [-0.2, -0.15) is 0 Å². The zero-order valence-electron chi connectivity index (χ0n) is 12.9. The van der Waals surface area contributed by atoms with Gasteiger partial charge in [0.15, 0.2) is 0 Å². The number of allylic oxidation sites excluding steroid dienone is 4. The summed E-state index contributed by atoms with van der Waals surface area (Å²) in [6.07, 6.45) is 9.04. The molecule has 0 saturated carbocycles. The number of rotatable bonds is 8. The highest BCUT2D eigenvalue weighted by Crippen LogP contribution is 2.27. The topological polar surface area (TPSA) is 26.3 Å². The number of hydrogen-bond donors (Lipinski definition) is 0. The molecule has 0 heterocycles. The van der Waals surface area contributed by atoms with E-state index in [1.54, 1.807) is 6.08 Å². The minimum absolute atomic E-state index is 0.149. The third-order valence-corrected chi connectivity index (χ3v) is 3.32. The van der Waals surface area contributed by atoms with E-state index in [1.807, 2.05) is 24.3 Å². The lowest BCUT2D eigenvalue weighted by molar-refractivity contribution is -0.107. The normalized spacial score (nSPS) is 12.2. The van der Waals surface area contributed by atoms with Gasteiger partial charge in [0.2, 0.25) is 5.24 Å². The SMILES string of the molecule is CCCCOc1cccc(C(C)(C)/C=C/C=C/C(=O)Cl)c1. The maximum absolute atomic E-state index is 10.6. The summed E-state index contributed by atoms with van der Waals surface area (Å²) in [7, 11) is 0. The summed E-state index contributed by atoms with van der Waals surface area (Å²) in [5.74, 6) is 0.897. The second-order valence-corrected chi connectivity index (χ2v) is 5.85. The van der Waals surface area contributed by atoms with Crippen molar-refractivity contribution in [1.29, 1.82) is 0 Å². The fourth-order valence-corrected chi connectivity index (χ4v) is 1.92. The lowest BCUT2D eigenvalue weighted by Gasteiger charge is -2.21. The summed E-state index contributed by atoms with van der Waals surface area (Å²) in [4.78, 5) is 10.6. The highest BCUT2D eigenvalue weighted by atomic mass is 35.5. The minimum atomic E-state index is -0.469. The summed E-state index contributed by atoms with van der Waals surface area (Å²) < 4.78 is 5.74. The molecule has 0 aromatic heterocycles. The van der Waals surface area contributed by atoms with Gasteiger partial charge in [0, 0.05) is 5.41 Å². The van der Waals surface area contributed by atoms with Crippen molar-refractivity contribution in [3.8, 4) is 5.75 Å². The van der Waals surface area contributed by atoms with Crippen LogP contribution in [0.4, 0.5) is 0 Å². The second kappa shape index (κ2) is 8.68. The van der Waals surface area contributed by atoms with Crippen LogP contribution in [-0.4, -0.2) is 11.8 Å². The van der Waals surface area contributed by atoms with E-state index >= 15 is 0 Å². The van der Waals surface area contributed by atoms with Gasteiger partial charge in [0.25, 0.3) is 0 Å². The number of carbonyl (C=O) groups is 1. The molecule has 21 heavy (non-hydrogen) atoms. The molecule has 0 amide bonds. The Morgan fingerprint density at radius 3 is 2.76 bits per heavy atom. The van der Waals surface area contributed by atoms with Gasteiger partial charge in [-0.3, -0.25) is 4.79 Å². The number of ether oxygens (including phenoxy) is 1. The molecule has 0 aliphatic heterocycles. The van der Waals surface area contributed by atoms with Crippen LogP contribution in [0.1, 0.15) is 39.2 Å². The third-order valence-electron chi connectivity index (χ3n) is 3.20. The molecule has 0 bridgehead atoms. The lowest BCUT2D eigenvalue weighted by atomic mass is 9.84. The molecule has 0 spiro atoms. The molecule has 0 atom stereocenters. The van der Waals surface area contributed by atoms with Crippen LogP contribution in [0.5, 0.6) is 5.75 Å². The first-order chi connectivity index (χ1) is 9.95. The van der Waals surface area contributed by atoms with Crippen molar-refractivity contribution >= 4 is 16.8 Å². The molecule has 0 radical (unpaired) electrons. The molecular formula is C18H23ClO2. The predicted molar refractivity (Wildman–Crippen MR) is 89.0 cm³/mol. The molecule has 0 N–H and O–H groups in total. The van der Waals surface area contributed by atoms with Crippen LogP contribution in [0.15, 0.2) is 48.6 Å². The van der Waals surface area contributed by atoms with E-state index in [1.165, 1.54) is 11.6 Å².